The van der Waals surface area contributed by atoms with Crippen molar-refractivity contribution in [2.45, 2.75) is 44.7 Å². The highest BCUT2D eigenvalue weighted by atomic mass is 35.5. The van der Waals surface area contributed by atoms with E-state index in [-0.39, 0.29) is 22.0 Å². The quantitative estimate of drug-likeness (QED) is 0.891. The zero-order chi connectivity index (χ0) is 15.9. The van der Waals surface area contributed by atoms with E-state index in [9.17, 15) is 8.42 Å². The molecule has 0 aliphatic carbocycles. The molecule has 21 heavy (non-hydrogen) atoms. The third-order valence-electron chi connectivity index (χ3n) is 3.71. The Balaban J connectivity index is 2.55. The molecule has 0 bridgehead atoms. The fourth-order valence-corrected chi connectivity index (χ4v) is 5.51. The normalized spacial score (nSPS) is 24.3. The van der Waals surface area contributed by atoms with Gasteiger partial charge in [0.05, 0.1) is 5.02 Å². The summed E-state index contributed by atoms with van der Waals surface area (Å²) in [6, 6.07) is 1.90. The van der Waals surface area contributed by atoms with E-state index in [0.29, 0.717) is 29.2 Å². The Morgan fingerprint density at radius 3 is 2.24 bits per heavy atom. The highest BCUT2D eigenvalue weighted by Crippen LogP contribution is 2.35. The predicted molar refractivity (Wildman–Crippen MR) is 86.8 cm³/mol. The molecule has 1 N–H and O–H groups in total. The standard InChI is InChI=1S/C14H20Cl2N2O2S/c1-8-5-12(15)11(4)14(13(8)16)21(19,20)18-6-9(2)17-10(3)7-18/h5,9-10,17H,6-7H2,1-4H3. The van der Waals surface area contributed by atoms with E-state index < -0.39 is 10.0 Å². The van der Waals surface area contributed by atoms with Crippen LogP contribution in [0.2, 0.25) is 10.0 Å². The molecule has 1 aliphatic rings. The second kappa shape index (κ2) is 6.05. The van der Waals surface area contributed by atoms with Crippen LogP contribution < -0.4 is 5.32 Å². The molecule has 118 valence electrons. The summed E-state index contributed by atoms with van der Waals surface area (Å²) in [6.45, 7) is 8.24. The highest BCUT2D eigenvalue weighted by Gasteiger charge is 2.34. The molecule has 1 saturated heterocycles. The molecule has 2 atom stereocenters. The molecule has 1 aromatic carbocycles. The fourth-order valence-electron chi connectivity index (χ4n) is 2.72. The van der Waals surface area contributed by atoms with Crippen LogP contribution >= 0.6 is 23.2 Å². The number of rotatable bonds is 2. The zero-order valence-electron chi connectivity index (χ0n) is 12.6. The van der Waals surface area contributed by atoms with Crippen LogP contribution in [-0.4, -0.2) is 37.9 Å². The molecule has 0 spiro atoms. The van der Waals surface area contributed by atoms with E-state index >= 15 is 0 Å². The largest absolute Gasteiger partial charge is 0.309 e. The minimum absolute atomic E-state index is 0.0999. The van der Waals surface area contributed by atoms with Gasteiger partial charge in [-0.3, -0.25) is 0 Å². The van der Waals surface area contributed by atoms with Crippen molar-refractivity contribution in [2.75, 3.05) is 13.1 Å². The van der Waals surface area contributed by atoms with Crippen molar-refractivity contribution in [1.82, 2.24) is 9.62 Å². The number of hydrogen-bond donors (Lipinski definition) is 1. The van der Waals surface area contributed by atoms with Gasteiger partial charge in [0.1, 0.15) is 4.90 Å². The molecule has 1 aliphatic heterocycles. The molecule has 4 nitrogen and oxygen atoms in total. The molecule has 2 unspecified atom stereocenters. The lowest BCUT2D eigenvalue weighted by molar-refractivity contribution is 0.263. The average molecular weight is 351 g/mol. The first kappa shape index (κ1) is 17.0. The van der Waals surface area contributed by atoms with Crippen molar-refractivity contribution in [3.63, 3.8) is 0 Å². The van der Waals surface area contributed by atoms with Gasteiger partial charge in [0.15, 0.2) is 0 Å². The summed E-state index contributed by atoms with van der Waals surface area (Å²) in [5, 5.41) is 4.00. The van der Waals surface area contributed by atoms with E-state index in [1.165, 1.54) is 4.31 Å². The first-order chi connectivity index (χ1) is 9.64. The molecule has 0 aromatic heterocycles. The van der Waals surface area contributed by atoms with E-state index in [2.05, 4.69) is 5.32 Å². The lowest BCUT2D eigenvalue weighted by Gasteiger charge is -2.35. The summed E-state index contributed by atoms with van der Waals surface area (Å²) in [4.78, 5) is 0.135. The van der Waals surface area contributed by atoms with E-state index in [1.54, 1.807) is 19.9 Å². The molecular weight excluding hydrogens is 331 g/mol. The van der Waals surface area contributed by atoms with Gasteiger partial charge in [0, 0.05) is 30.2 Å². The van der Waals surface area contributed by atoms with Crippen LogP contribution in [0.25, 0.3) is 0 Å². The lowest BCUT2D eigenvalue weighted by Crippen LogP contribution is -2.55. The van der Waals surface area contributed by atoms with E-state index in [0.717, 1.165) is 0 Å². The summed E-state index contributed by atoms with van der Waals surface area (Å²) in [6.07, 6.45) is 0. The number of aryl methyl sites for hydroxylation is 1. The second-order valence-electron chi connectivity index (χ2n) is 5.73. The van der Waals surface area contributed by atoms with Gasteiger partial charge in [-0.1, -0.05) is 23.2 Å². The summed E-state index contributed by atoms with van der Waals surface area (Å²) in [5.74, 6) is 0. The van der Waals surface area contributed by atoms with Gasteiger partial charge in [-0.05, 0) is 44.9 Å². The van der Waals surface area contributed by atoms with Crippen LogP contribution in [0, 0.1) is 13.8 Å². The minimum Gasteiger partial charge on any atom is -0.309 e. The van der Waals surface area contributed by atoms with Gasteiger partial charge >= 0.3 is 0 Å². The van der Waals surface area contributed by atoms with E-state index in [1.807, 2.05) is 13.8 Å². The van der Waals surface area contributed by atoms with Crippen LogP contribution in [0.3, 0.4) is 0 Å². The summed E-state index contributed by atoms with van der Waals surface area (Å²) >= 11 is 12.4. The van der Waals surface area contributed by atoms with E-state index in [4.69, 9.17) is 23.2 Å². The third-order valence-corrected chi connectivity index (χ3v) is 6.71. The summed E-state index contributed by atoms with van der Waals surface area (Å²) in [5.41, 5.74) is 1.17. The molecule has 2 rings (SSSR count). The van der Waals surface area contributed by atoms with Gasteiger partial charge in [0.25, 0.3) is 0 Å². The zero-order valence-corrected chi connectivity index (χ0v) is 14.9. The van der Waals surface area contributed by atoms with Gasteiger partial charge < -0.3 is 5.32 Å². The van der Waals surface area contributed by atoms with Gasteiger partial charge in [-0.25, -0.2) is 8.42 Å². The Bertz CT molecular complexity index is 625. The lowest BCUT2D eigenvalue weighted by atomic mass is 10.2. The minimum atomic E-state index is -3.66. The molecule has 1 aromatic rings. The van der Waals surface area contributed by atoms with Crippen LogP contribution in [-0.2, 0) is 10.0 Å². The van der Waals surface area contributed by atoms with Crippen molar-refractivity contribution < 1.29 is 8.42 Å². The molecule has 7 heteroatoms. The van der Waals surface area contributed by atoms with Crippen molar-refractivity contribution in [2.24, 2.45) is 0 Å². The number of hydrogen-bond acceptors (Lipinski definition) is 3. The van der Waals surface area contributed by atoms with Crippen LogP contribution in [0.1, 0.15) is 25.0 Å². The van der Waals surface area contributed by atoms with Crippen molar-refractivity contribution in [3.05, 3.63) is 27.2 Å². The molecule has 1 fully saturated rings. The number of piperazine rings is 1. The summed E-state index contributed by atoms with van der Waals surface area (Å²) in [7, 11) is -3.66. The van der Waals surface area contributed by atoms with Gasteiger partial charge in [-0.15, -0.1) is 0 Å². The Morgan fingerprint density at radius 1 is 1.19 bits per heavy atom. The smallest absolute Gasteiger partial charge is 0.244 e. The Hall–Kier alpha value is -0.330. The first-order valence-electron chi connectivity index (χ1n) is 6.86. The van der Waals surface area contributed by atoms with Crippen LogP contribution in [0.15, 0.2) is 11.0 Å². The average Bonchev–Trinajstić information content (AvgIpc) is 2.35. The first-order valence-corrected chi connectivity index (χ1v) is 9.05. The van der Waals surface area contributed by atoms with Crippen molar-refractivity contribution in [3.8, 4) is 0 Å². The highest BCUT2D eigenvalue weighted by molar-refractivity contribution is 7.89. The maximum atomic E-state index is 13.0. The molecule has 0 radical (unpaired) electrons. The SMILES string of the molecule is Cc1cc(Cl)c(C)c(S(=O)(=O)N2CC(C)NC(C)C2)c1Cl. The monoisotopic (exact) mass is 350 g/mol. The second-order valence-corrected chi connectivity index (χ2v) is 8.39. The molecular formula is C14H20Cl2N2O2S. The summed E-state index contributed by atoms with van der Waals surface area (Å²) < 4.78 is 27.4. The van der Waals surface area contributed by atoms with Gasteiger partial charge in [-0.2, -0.15) is 4.31 Å². The molecule has 0 saturated carbocycles. The Labute approximate surface area is 136 Å². The third kappa shape index (κ3) is 3.22. The number of halogens is 2. The number of nitrogens with one attached hydrogen (secondary N) is 1. The number of benzene rings is 1. The number of sulfonamides is 1. The topological polar surface area (TPSA) is 49.4 Å². The van der Waals surface area contributed by atoms with Crippen molar-refractivity contribution in [1.29, 1.82) is 0 Å². The van der Waals surface area contributed by atoms with Crippen molar-refractivity contribution >= 4 is 33.2 Å². The number of nitrogens with zero attached hydrogens (tertiary/aromatic N) is 1. The maximum Gasteiger partial charge on any atom is 0.244 e. The van der Waals surface area contributed by atoms with Crippen LogP contribution in [0.4, 0.5) is 0 Å². The maximum absolute atomic E-state index is 13.0. The predicted octanol–water partition coefficient (Wildman–Crippen LogP) is 2.98. The Morgan fingerprint density at radius 2 is 1.71 bits per heavy atom. The van der Waals surface area contributed by atoms with Crippen LogP contribution in [0.5, 0.6) is 0 Å². The Kier molecular flexibility index (Phi) is 4.90. The molecule has 0 amide bonds. The molecule has 1 heterocycles. The fraction of sp³-hybridized carbons (Fsp3) is 0.571. The van der Waals surface area contributed by atoms with Gasteiger partial charge in [0.2, 0.25) is 10.0 Å².